The molecule has 1 atom stereocenters. The Kier molecular flexibility index (Phi) is 5.64. The third-order valence-corrected chi connectivity index (χ3v) is 4.09. The van der Waals surface area contributed by atoms with Crippen LogP contribution < -0.4 is 10.1 Å². The van der Waals surface area contributed by atoms with Crippen molar-refractivity contribution >= 4 is 0 Å². The van der Waals surface area contributed by atoms with Gasteiger partial charge in [0.25, 0.3) is 0 Å². The molecule has 1 aromatic heterocycles. The van der Waals surface area contributed by atoms with E-state index in [0.717, 1.165) is 11.7 Å². The number of nitrogens with zero attached hydrogens (tertiary/aromatic N) is 1. The van der Waals surface area contributed by atoms with E-state index < -0.39 is 0 Å². The van der Waals surface area contributed by atoms with Gasteiger partial charge in [0.05, 0.1) is 12.8 Å². The van der Waals surface area contributed by atoms with E-state index in [4.69, 9.17) is 4.74 Å². The number of ether oxygens (including phenoxy) is 1. The number of pyridine rings is 1. The van der Waals surface area contributed by atoms with Crippen LogP contribution in [0.15, 0.2) is 18.5 Å². The van der Waals surface area contributed by atoms with Crippen molar-refractivity contribution in [3.8, 4) is 5.75 Å². The molecule has 1 heterocycles. The van der Waals surface area contributed by atoms with Crippen LogP contribution in [-0.2, 0) is 0 Å². The lowest BCUT2D eigenvalue weighted by Crippen LogP contribution is -2.25. The minimum atomic E-state index is 0.408. The smallest absolute Gasteiger partial charge is 0.137 e. The zero-order valence-electron chi connectivity index (χ0n) is 12.2. The van der Waals surface area contributed by atoms with E-state index >= 15 is 0 Å². The van der Waals surface area contributed by atoms with Crippen LogP contribution >= 0.6 is 0 Å². The average molecular weight is 262 g/mol. The molecule has 1 aromatic rings. The lowest BCUT2D eigenvalue weighted by Gasteiger charge is -2.26. The molecule has 1 aliphatic carbocycles. The Morgan fingerprint density at radius 2 is 2.00 bits per heavy atom. The van der Waals surface area contributed by atoms with E-state index in [1.807, 2.05) is 13.1 Å². The average Bonchev–Trinajstić information content (AvgIpc) is 2.70. The molecule has 0 bridgehead atoms. The summed E-state index contributed by atoms with van der Waals surface area (Å²) in [4.78, 5) is 4.33. The highest BCUT2D eigenvalue weighted by atomic mass is 16.5. The maximum atomic E-state index is 5.56. The fraction of sp³-hybridized carbons (Fsp3) is 0.688. The third-order valence-electron chi connectivity index (χ3n) is 4.09. The molecule has 0 spiro atoms. The zero-order chi connectivity index (χ0) is 13.5. The molecule has 0 aliphatic heterocycles. The molecular weight excluding hydrogens is 236 g/mol. The summed E-state index contributed by atoms with van der Waals surface area (Å²) in [5.41, 5.74) is 1.26. The monoisotopic (exact) mass is 262 g/mol. The van der Waals surface area contributed by atoms with Crippen molar-refractivity contribution < 1.29 is 4.74 Å². The maximum Gasteiger partial charge on any atom is 0.137 e. The van der Waals surface area contributed by atoms with Crippen LogP contribution in [0, 0.1) is 5.92 Å². The Hall–Kier alpha value is -1.09. The number of hydrogen-bond acceptors (Lipinski definition) is 3. The van der Waals surface area contributed by atoms with Gasteiger partial charge in [-0.1, -0.05) is 25.7 Å². The van der Waals surface area contributed by atoms with Crippen LogP contribution in [0.3, 0.4) is 0 Å². The molecule has 19 heavy (non-hydrogen) atoms. The van der Waals surface area contributed by atoms with Gasteiger partial charge in [-0.2, -0.15) is 0 Å². The number of aromatic nitrogens is 1. The highest BCUT2D eigenvalue weighted by molar-refractivity contribution is 5.26. The number of rotatable bonds is 5. The molecule has 0 amide bonds. The SMILES string of the molecule is CCOc1cncc(C(NC)C2CCCCCC2)c1. The van der Waals surface area contributed by atoms with Crippen LogP contribution in [-0.4, -0.2) is 18.6 Å². The van der Waals surface area contributed by atoms with Crippen molar-refractivity contribution in [2.24, 2.45) is 5.92 Å². The fourth-order valence-electron chi connectivity index (χ4n) is 3.17. The quantitative estimate of drug-likeness (QED) is 0.821. The standard InChI is InChI=1S/C16H26N2O/c1-3-19-15-10-14(11-18-12-15)16(17-2)13-8-6-4-5-7-9-13/h10-13,16-17H,3-9H2,1-2H3. The summed E-state index contributed by atoms with van der Waals surface area (Å²) in [7, 11) is 2.06. The van der Waals surface area contributed by atoms with Crippen molar-refractivity contribution in [1.82, 2.24) is 10.3 Å². The van der Waals surface area contributed by atoms with E-state index in [1.54, 1.807) is 6.20 Å². The molecule has 106 valence electrons. The molecule has 0 radical (unpaired) electrons. The Bertz CT molecular complexity index is 373. The van der Waals surface area contributed by atoms with Gasteiger partial charge < -0.3 is 10.1 Å². The maximum absolute atomic E-state index is 5.56. The third kappa shape index (κ3) is 3.93. The van der Waals surface area contributed by atoms with Crippen molar-refractivity contribution in [2.75, 3.05) is 13.7 Å². The predicted molar refractivity (Wildman–Crippen MR) is 78.4 cm³/mol. The zero-order valence-corrected chi connectivity index (χ0v) is 12.2. The van der Waals surface area contributed by atoms with Crippen LogP contribution in [0.4, 0.5) is 0 Å². The minimum Gasteiger partial charge on any atom is -0.492 e. The van der Waals surface area contributed by atoms with E-state index in [0.29, 0.717) is 12.6 Å². The molecule has 3 nitrogen and oxygen atoms in total. The molecule has 1 saturated carbocycles. The van der Waals surface area contributed by atoms with Crippen LogP contribution in [0.1, 0.15) is 57.1 Å². The second-order valence-electron chi connectivity index (χ2n) is 5.40. The number of hydrogen-bond donors (Lipinski definition) is 1. The minimum absolute atomic E-state index is 0.408. The van der Waals surface area contributed by atoms with Crippen LogP contribution in [0.2, 0.25) is 0 Å². The Morgan fingerprint density at radius 3 is 2.63 bits per heavy atom. The predicted octanol–water partition coefficient (Wildman–Crippen LogP) is 3.71. The molecule has 2 rings (SSSR count). The van der Waals surface area contributed by atoms with Gasteiger partial charge in [0.15, 0.2) is 0 Å². The second-order valence-corrected chi connectivity index (χ2v) is 5.40. The van der Waals surface area contributed by atoms with Crippen molar-refractivity contribution in [3.05, 3.63) is 24.0 Å². The van der Waals surface area contributed by atoms with Gasteiger partial charge in [-0.25, -0.2) is 0 Å². The lowest BCUT2D eigenvalue weighted by molar-refractivity contribution is 0.328. The fourth-order valence-corrected chi connectivity index (χ4v) is 3.17. The van der Waals surface area contributed by atoms with Crippen molar-refractivity contribution in [1.29, 1.82) is 0 Å². The van der Waals surface area contributed by atoms with E-state index in [1.165, 1.54) is 44.1 Å². The Labute approximate surface area is 116 Å². The molecule has 3 heteroatoms. The normalized spacial score (nSPS) is 18.8. The summed E-state index contributed by atoms with van der Waals surface area (Å²) >= 11 is 0. The van der Waals surface area contributed by atoms with Gasteiger partial charge in [-0.15, -0.1) is 0 Å². The van der Waals surface area contributed by atoms with E-state index in [2.05, 4.69) is 23.4 Å². The summed E-state index contributed by atoms with van der Waals surface area (Å²) in [5, 5.41) is 3.49. The summed E-state index contributed by atoms with van der Waals surface area (Å²) in [6.07, 6.45) is 11.9. The van der Waals surface area contributed by atoms with Gasteiger partial charge in [-0.3, -0.25) is 4.98 Å². The van der Waals surface area contributed by atoms with Gasteiger partial charge in [0, 0.05) is 12.2 Å². The highest BCUT2D eigenvalue weighted by Gasteiger charge is 2.23. The Balaban J connectivity index is 2.13. The van der Waals surface area contributed by atoms with Crippen LogP contribution in [0.5, 0.6) is 5.75 Å². The summed E-state index contributed by atoms with van der Waals surface area (Å²) in [6.45, 7) is 2.70. The van der Waals surface area contributed by atoms with Crippen molar-refractivity contribution in [3.63, 3.8) is 0 Å². The molecule has 1 unspecified atom stereocenters. The molecule has 1 fully saturated rings. The largest absolute Gasteiger partial charge is 0.492 e. The molecule has 1 aliphatic rings. The first-order chi connectivity index (χ1) is 9.35. The van der Waals surface area contributed by atoms with Gasteiger partial charge >= 0.3 is 0 Å². The molecule has 1 N–H and O–H groups in total. The van der Waals surface area contributed by atoms with Crippen molar-refractivity contribution in [2.45, 2.75) is 51.5 Å². The number of nitrogens with one attached hydrogen (secondary N) is 1. The van der Waals surface area contributed by atoms with Gasteiger partial charge in [-0.05, 0) is 44.4 Å². The summed E-state index contributed by atoms with van der Waals surface area (Å²) in [6, 6.07) is 2.55. The first kappa shape index (κ1) is 14.3. The summed E-state index contributed by atoms with van der Waals surface area (Å²) < 4.78 is 5.56. The van der Waals surface area contributed by atoms with E-state index in [9.17, 15) is 0 Å². The highest BCUT2D eigenvalue weighted by Crippen LogP contribution is 2.33. The van der Waals surface area contributed by atoms with Crippen LogP contribution in [0.25, 0.3) is 0 Å². The first-order valence-corrected chi connectivity index (χ1v) is 7.60. The van der Waals surface area contributed by atoms with Gasteiger partial charge in [0.1, 0.15) is 5.75 Å². The Morgan fingerprint density at radius 1 is 1.26 bits per heavy atom. The molecule has 0 saturated heterocycles. The molecular formula is C16H26N2O. The summed E-state index contributed by atoms with van der Waals surface area (Å²) in [5.74, 6) is 1.61. The lowest BCUT2D eigenvalue weighted by atomic mass is 9.88. The first-order valence-electron chi connectivity index (χ1n) is 7.60. The molecule has 0 aromatic carbocycles. The second kappa shape index (κ2) is 7.49. The van der Waals surface area contributed by atoms with E-state index in [-0.39, 0.29) is 0 Å². The topological polar surface area (TPSA) is 34.1 Å². The van der Waals surface area contributed by atoms with Gasteiger partial charge in [0.2, 0.25) is 0 Å².